The monoisotopic (exact) mass is 333 g/mol. The SMILES string of the molecule is Cc1nnc(NC(=O)CSc2nc3ccccc3c(=O)[nH]2)s1. The molecule has 1 amide bonds. The molecule has 0 saturated carbocycles. The molecule has 3 rings (SSSR count). The van der Waals surface area contributed by atoms with Crippen LogP contribution in [0.25, 0.3) is 10.9 Å². The maximum absolute atomic E-state index is 11.9. The molecule has 0 unspecified atom stereocenters. The highest BCUT2D eigenvalue weighted by Gasteiger charge is 2.09. The Balaban J connectivity index is 1.68. The summed E-state index contributed by atoms with van der Waals surface area (Å²) in [4.78, 5) is 30.7. The number of benzene rings is 1. The van der Waals surface area contributed by atoms with Gasteiger partial charge >= 0.3 is 0 Å². The zero-order chi connectivity index (χ0) is 15.5. The van der Waals surface area contributed by atoms with E-state index in [1.807, 2.05) is 13.0 Å². The number of rotatable bonds is 4. The van der Waals surface area contributed by atoms with Crippen molar-refractivity contribution in [1.29, 1.82) is 0 Å². The molecule has 0 saturated heterocycles. The van der Waals surface area contributed by atoms with Gasteiger partial charge in [0.2, 0.25) is 11.0 Å². The van der Waals surface area contributed by atoms with E-state index in [0.29, 0.717) is 21.2 Å². The van der Waals surface area contributed by atoms with Crippen molar-refractivity contribution < 1.29 is 4.79 Å². The summed E-state index contributed by atoms with van der Waals surface area (Å²) >= 11 is 2.47. The first-order valence-corrected chi connectivity index (χ1v) is 8.14. The van der Waals surface area contributed by atoms with Crippen LogP contribution in [0.1, 0.15) is 5.01 Å². The fourth-order valence-corrected chi connectivity index (χ4v) is 3.05. The number of para-hydroxylation sites is 1. The minimum Gasteiger partial charge on any atom is -0.301 e. The van der Waals surface area contributed by atoms with E-state index < -0.39 is 0 Å². The maximum atomic E-state index is 11.9. The number of carbonyl (C=O) groups excluding carboxylic acids is 1. The summed E-state index contributed by atoms with van der Waals surface area (Å²) in [5.74, 6) is -0.100. The number of anilines is 1. The fraction of sp³-hybridized carbons (Fsp3) is 0.154. The minimum atomic E-state index is -0.225. The van der Waals surface area contributed by atoms with Gasteiger partial charge in [0.1, 0.15) is 5.01 Å². The molecule has 2 heterocycles. The van der Waals surface area contributed by atoms with Gasteiger partial charge in [0.25, 0.3) is 5.56 Å². The Morgan fingerprint density at radius 2 is 2.18 bits per heavy atom. The summed E-state index contributed by atoms with van der Waals surface area (Å²) in [7, 11) is 0. The van der Waals surface area contributed by atoms with Gasteiger partial charge in [0, 0.05) is 0 Å². The van der Waals surface area contributed by atoms with E-state index in [9.17, 15) is 9.59 Å². The molecule has 22 heavy (non-hydrogen) atoms. The first-order chi connectivity index (χ1) is 10.6. The highest BCUT2D eigenvalue weighted by Crippen LogP contribution is 2.17. The number of H-pyrrole nitrogens is 1. The topological polar surface area (TPSA) is 101 Å². The highest BCUT2D eigenvalue weighted by molar-refractivity contribution is 7.99. The Labute approximate surface area is 133 Å². The van der Waals surface area contributed by atoms with Crippen molar-refractivity contribution >= 4 is 45.0 Å². The van der Waals surface area contributed by atoms with Crippen molar-refractivity contribution in [2.75, 3.05) is 11.1 Å². The third-order valence-corrected chi connectivity index (χ3v) is 4.33. The molecule has 0 bridgehead atoms. The third kappa shape index (κ3) is 3.31. The van der Waals surface area contributed by atoms with Crippen LogP contribution in [-0.4, -0.2) is 31.8 Å². The number of nitrogens with one attached hydrogen (secondary N) is 2. The van der Waals surface area contributed by atoms with Crippen LogP contribution in [0.5, 0.6) is 0 Å². The van der Waals surface area contributed by atoms with Crippen molar-refractivity contribution in [3.05, 3.63) is 39.6 Å². The standard InChI is InChI=1S/C13H11N5O2S2/c1-7-17-18-13(22-7)15-10(19)6-21-12-14-9-5-3-2-4-8(9)11(20)16-12/h2-5H,6H2,1H3,(H,14,16,20)(H,15,18,19). The van der Waals surface area contributed by atoms with Gasteiger partial charge in [-0.2, -0.15) is 0 Å². The lowest BCUT2D eigenvalue weighted by molar-refractivity contribution is -0.113. The molecule has 0 aliphatic heterocycles. The molecule has 7 nitrogen and oxygen atoms in total. The second kappa shape index (κ2) is 6.24. The zero-order valence-corrected chi connectivity index (χ0v) is 13.1. The lowest BCUT2D eigenvalue weighted by atomic mass is 10.2. The van der Waals surface area contributed by atoms with E-state index >= 15 is 0 Å². The quantitative estimate of drug-likeness (QED) is 0.558. The Hall–Kier alpha value is -2.26. The molecule has 0 aliphatic rings. The van der Waals surface area contributed by atoms with Gasteiger partial charge in [0.05, 0.1) is 16.7 Å². The molecule has 2 N–H and O–H groups in total. The van der Waals surface area contributed by atoms with E-state index in [1.165, 1.54) is 11.3 Å². The molecule has 1 aromatic carbocycles. The molecule has 3 aromatic rings. The van der Waals surface area contributed by atoms with E-state index in [1.54, 1.807) is 18.2 Å². The summed E-state index contributed by atoms with van der Waals surface area (Å²) in [6, 6.07) is 7.07. The second-order valence-corrected chi connectivity index (χ2v) is 6.50. The van der Waals surface area contributed by atoms with Crippen LogP contribution in [0.3, 0.4) is 0 Å². The lowest BCUT2D eigenvalue weighted by Crippen LogP contribution is -2.15. The van der Waals surface area contributed by atoms with Gasteiger partial charge in [-0.3, -0.25) is 14.9 Å². The van der Waals surface area contributed by atoms with Gasteiger partial charge in [-0.1, -0.05) is 35.2 Å². The average Bonchev–Trinajstić information content (AvgIpc) is 2.90. The van der Waals surface area contributed by atoms with Crippen molar-refractivity contribution in [2.45, 2.75) is 12.1 Å². The average molecular weight is 333 g/mol. The second-order valence-electron chi connectivity index (χ2n) is 4.35. The van der Waals surface area contributed by atoms with Crippen LogP contribution in [0.15, 0.2) is 34.2 Å². The zero-order valence-electron chi connectivity index (χ0n) is 11.5. The van der Waals surface area contributed by atoms with Gasteiger partial charge < -0.3 is 4.98 Å². The van der Waals surface area contributed by atoms with E-state index in [4.69, 9.17) is 0 Å². The minimum absolute atomic E-state index is 0.125. The summed E-state index contributed by atoms with van der Waals surface area (Å²) in [5, 5.41) is 12.5. The molecule has 112 valence electrons. The number of hydrogen-bond donors (Lipinski definition) is 2. The van der Waals surface area contributed by atoms with Crippen LogP contribution in [0.2, 0.25) is 0 Å². The molecular formula is C13H11N5O2S2. The third-order valence-electron chi connectivity index (χ3n) is 2.70. The molecule has 0 fully saturated rings. The molecule has 9 heteroatoms. The van der Waals surface area contributed by atoms with Gasteiger partial charge in [-0.15, -0.1) is 10.2 Å². The summed E-state index contributed by atoms with van der Waals surface area (Å²) in [6.45, 7) is 1.81. The van der Waals surface area contributed by atoms with E-state index in [-0.39, 0.29) is 17.2 Å². The largest absolute Gasteiger partial charge is 0.301 e. The summed E-state index contributed by atoms with van der Waals surface area (Å²) in [5.41, 5.74) is 0.391. The number of aryl methyl sites for hydroxylation is 1. The Bertz CT molecular complexity index is 889. The number of aromatic amines is 1. The number of thioether (sulfide) groups is 1. The predicted octanol–water partition coefficient (Wildman–Crippen LogP) is 1.81. The number of nitrogens with zero attached hydrogens (tertiary/aromatic N) is 3. The Morgan fingerprint density at radius 3 is 2.95 bits per heavy atom. The molecule has 2 aromatic heterocycles. The highest BCUT2D eigenvalue weighted by atomic mass is 32.2. The molecular weight excluding hydrogens is 322 g/mol. The van der Waals surface area contributed by atoms with Crippen LogP contribution in [0, 0.1) is 6.92 Å². The maximum Gasteiger partial charge on any atom is 0.259 e. The summed E-state index contributed by atoms with van der Waals surface area (Å²) < 4.78 is 0. The van der Waals surface area contributed by atoms with Crippen LogP contribution < -0.4 is 10.9 Å². The van der Waals surface area contributed by atoms with E-state index in [0.717, 1.165) is 16.8 Å². The molecule has 0 radical (unpaired) electrons. The van der Waals surface area contributed by atoms with Crippen molar-refractivity contribution in [2.24, 2.45) is 0 Å². The molecule has 0 atom stereocenters. The first-order valence-electron chi connectivity index (χ1n) is 6.33. The lowest BCUT2D eigenvalue weighted by Gasteiger charge is -2.02. The number of fused-ring (bicyclic) bond motifs is 1. The van der Waals surface area contributed by atoms with Gasteiger partial charge in [-0.25, -0.2) is 4.98 Å². The van der Waals surface area contributed by atoms with Crippen LogP contribution in [0.4, 0.5) is 5.13 Å². The van der Waals surface area contributed by atoms with Crippen molar-refractivity contribution in [1.82, 2.24) is 20.2 Å². The number of amides is 1. The fourth-order valence-electron chi connectivity index (χ4n) is 1.77. The van der Waals surface area contributed by atoms with E-state index in [2.05, 4.69) is 25.5 Å². The number of aromatic nitrogens is 4. The first kappa shape index (κ1) is 14.7. The number of hydrogen-bond acceptors (Lipinski definition) is 7. The van der Waals surface area contributed by atoms with Crippen LogP contribution >= 0.6 is 23.1 Å². The van der Waals surface area contributed by atoms with Crippen molar-refractivity contribution in [3.63, 3.8) is 0 Å². The van der Waals surface area contributed by atoms with Crippen molar-refractivity contribution in [3.8, 4) is 0 Å². The summed E-state index contributed by atoms with van der Waals surface area (Å²) in [6.07, 6.45) is 0. The Kier molecular flexibility index (Phi) is 4.16. The number of carbonyl (C=O) groups is 1. The van der Waals surface area contributed by atoms with Gasteiger partial charge in [0.15, 0.2) is 5.16 Å². The van der Waals surface area contributed by atoms with Crippen LogP contribution in [-0.2, 0) is 4.79 Å². The predicted molar refractivity (Wildman–Crippen MR) is 86.4 cm³/mol. The Morgan fingerprint density at radius 1 is 1.36 bits per heavy atom. The molecule has 0 spiro atoms. The van der Waals surface area contributed by atoms with Gasteiger partial charge in [-0.05, 0) is 19.1 Å². The normalized spacial score (nSPS) is 10.8. The molecule has 0 aliphatic carbocycles. The smallest absolute Gasteiger partial charge is 0.259 e.